The van der Waals surface area contributed by atoms with Crippen LogP contribution in [0.5, 0.6) is 5.75 Å². The second-order valence-electron chi connectivity index (χ2n) is 7.05. The molecule has 0 saturated heterocycles. The number of aromatic nitrogens is 3. The number of amides is 1. The van der Waals surface area contributed by atoms with Crippen LogP contribution in [0.4, 0.5) is 0 Å². The summed E-state index contributed by atoms with van der Waals surface area (Å²) in [5.41, 5.74) is 1.50. The number of carboxylic acid groups (broad SMARTS) is 1. The molecular formula is C19H24N4O4. The lowest BCUT2D eigenvalue weighted by Gasteiger charge is -2.25. The molecule has 1 aromatic carbocycles. The number of carbonyl (C=O) groups is 2. The van der Waals surface area contributed by atoms with Crippen LogP contribution < -0.4 is 4.74 Å². The van der Waals surface area contributed by atoms with Crippen molar-refractivity contribution in [2.24, 2.45) is 0 Å². The molecule has 1 atom stereocenters. The highest BCUT2D eigenvalue weighted by Crippen LogP contribution is 2.30. The highest BCUT2D eigenvalue weighted by atomic mass is 16.5. The fourth-order valence-corrected chi connectivity index (χ4v) is 2.96. The van der Waals surface area contributed by atoms with Crippen LogP contribution >= 0.6 is 0 Å². The zero-order valence-corrected chi connectivity index (χ0v) is 15.9. The van der Waals surface area contributed by atoms with Crippen molar-refractivity contribution in [3.63, 3.8) is 0 Å². The molecule has 144 valence electrons. The zero-order chi connectivity index (χ0) is 19.7. The van der Waals surface area contributed by atoms with E-state index in [-0.39, 0.29) is 17.8 Å². The summed E-state index contributed by atoms with van der Waals surface area (Å²) in [4.78, 5) is 25.7. The van der Waals surface area contributed by atoms with E-state index in [0.29, 0.717) is 5.69 Å². The van der Waals surface area contributed by atoms with E-state index < -0.39 is 17.9 Å². The van der Waals surface area contributed by atoms with Gasteiger partial charge in [0.25, 0.3) is 5.91 Å². The molecule has 1 fully saturated rings. The normalized spacial score (nSPS) is 14.9. The van der Waals surface area contributed by atoms with Gasteiger partial charge in [-0.25, -0.2) is 9.48 Å². The molecule has 0 aliphatic heterocycles. The number of hydrogen-bond donors (Lipinski definition) is 1. The van der Waals surface area contributed by atoms with Gasteiger partial charge in [0.15, 0.2) is 5.69 Å². The fraction of sp³-hybridized carbons (Fsp3) is 0.474. The highest BCUT2D eigenvalue weighted by molar-refractivity contribution is 5.96. The fourth-order valence-electron chi connectivity index (χ4n) is 2.96. The average Bonchev–Trinajstić information content (AvgIpc) is 3.36. The predicted molar refractivity (Wildman–Crippen MR) is 98.1 cm³/mol. The third-order valence-corrected chi connectivity index (χ3v) is 4.50. The van der Waals surface area contributed by atoms with Gasteiger partial charge in [-0.15, -0.1) is 5.10 Å². The average molecular weight is 372 g/mol. The van der Waals surface area contributed by atoms with E-state index in [1.165, 1.54) is 11.8 Å². The molecular weight excluding hydrogens is 348 g/mol. The van der Waals surface area contributed by atoms with Crippen molar-refractivity contribution in [1.29, 1.82) is 0 Å². The Morgan fingerprint density at radius 3 is 2.37 bits per heavy atom. The number of benzene rings is 1. The molecule has 8 nitrogen and oxygen atoms in total. The number of ether oxygens (including phenoxy) is 1. The molecule has 1 N–H and O–H groups in total. The first-order valence-corrected chi connectivity index (χ1v) is 9.04. The first-order valence-electron chi connectivity index (χ1n) is 9.04. The van der Waals surface area contributed by atoms with Crippen LogP contribution in [0.2, 0.25) is 0 Å². The molecule has 1 amide bonds. The monoisotopic (exact) mass is 372 g/mol. The summed E-state index contributed by atoms with van der Waals surface area (Å²) in [7, 11) is 0. The summed E-state index contributed by atoms with van der Waals surface area (Å²) < 4.78 is 7.20. The van der Waals surface area contributed by atoms with Crippen molar-refractivity contribution < 1.29 is 19.4 Å². The molecule has 1 aliphatic carbocycles. The van der Waals surface area contributed by atoms with Gasteiger partial charge in [-0.3, -0.25) is 4.79 Å². The molecule has 1 heterocycles. The summed E-state index contributed by atoms with van der Waals surface area (Å²) in [6.07, 6.45) is 1.71. The van der Waals surface area contributed by atoms with Gasteiger partial charge >= 0.3 is 5.97 Å². The van der Waals surface area contributed by atoms with Crippen molar-refractivity contribution in [3.05, 3.63) is 35.7 Å². The van der Waals surface area contributed by atoms with Gasteiger partial charge in [0.05, 0.1) is 17.5 Å². The van der Waals surface area contributed by atoms with Crippen LogP contribution in [0.25, 0.3) is 5.69 Å². The van der Waals surface area contributed by atoms with Gasteiger partial charge in [0.1, 0.15) is 11.8 Å². The molecule has 0 radical (unpaired) electrons. The van der Waals surface area contributed by atoms with E-state index >= 15 is 0 Å². The number of rotatable bonds is 7. The molecule has 2 aromatic rings. The first kappa shape index (κ1) is 18.9. The lowest BCUT2D eigenvalue weighted by molar-refractivity contribution is -0.141. The van der Waals surface area contributed by atoms with Gasteiger partial charge in [-0.05, 0) is 64.8 Å². The Labute approximate surface area is 157 Å². The third-order valence-electron chi connectivity index (χ3n) is 4.50. The number of carbonyl (C=O) groups excluding carboxylic acids is 1. The highest BCUT2D eigenvalue weighted by Gasteiger charge is 2.40. The second-order valence-corrected chi connectivity index (χ2v) is 7.05. The number of nitrogens with zero attached hydrogens (tertiary/aromatic N) is 4. The first-order chi connectivity index (χ1) is 12.8. The van der Waals surface area contributed by atoms with Crippen LogP contribution in [0.1, 0.15) is 49.8 Å². The van der Waals surface area contributed by atoms with Gasteiger partial charge < -0.3 is 14.7 Å². The standard InChI is InChI=1S/C19H24N4O4/c1-11(2)27-16-9-7-15(8-10-16)23-12(3)17(20-21-23)18(24)22(14-5-6-14)13(4)19(25)26/h7-11,13-14H,5-6H2,1-4H3,(H,25,26). The Morgan fingerprint density at radius 2 is 1.85 bits per heavy atom. The summed E-state index contributed by atoms with van der Waals surface area (Å²) >= 11 is 0. The molecule has 0 bridgehead atoms. The van der Waals surface area contributed by atoms with E-state index in [0.717, 1.165) is 24.3 Å². The Kier molecular flexibility index (Phi) is 5.16. The van der Waals surface area contributed by atoms with Gasteiger partial charge in [0.2, 0.25) is 0 Å². The Morgan fingerprint density at radius 1 is 1.22 bits per heavy atom. The Hall–Kier alpha value is -2.90. The van der Waals surface area contributed by atoms with E-state index in [2.05, 4.69) is 10.3 Å². The second kappa shape index (κ2) is 7.38. The number of carboxylic acids is 1. The van der Waals surface area contributed by atoms with Crippen molar-refractivity contribution in [1.82, 2.24) is 19.9 Å². The van der Waals surface area contributed by atoms with E-state index in [1.54, 1.807) is 11.6 Å². The van der Waals surface area contributed by atoms with Gasteiger partial charge in [-0.2, -0.15) is 0 Å². The van der Waals surface area contributed by atoms with Crippen LogP contribution in [0.3, 0.4) is 0 Å². The van der Waals surface area contributed by atoms with Crippen molar-refractivity contribution in [2.45, 2.75) is 58.7 Å². The topological polar surface area (TPSA) is 97.5 Å². The van der Waals surface area contributed by atoms with Gasteiger partial charge in [-0.1, -0.05) is 5.21 Å². The minimum absolute atomic E-state index is 0.0411. The lowest BCUT2D eigenvalue weighted by atomic mass is 10.2. The molecule has 1 unspecified atom stereocenters. The SMILES string of the molecule is Cc1c(C(=O)N(C2CC2)C(C)C(=O)O)nnn1-c1ccc(OC(C)C)cc1. The minimum Gasteiger partial charge on any atom is -0.491 e. The van der Waals surface area contributed by atoms with Crippen molar-refractivity contribution in [3.8, 4) is 11.4 Å². The maximum atomic E-state index is 12.9. The zero-order valence-electron chi connectivity index (χ0n) is 15.9. The number of hydrogen-bond acceptors (Lipinski definition) is 5. The molecule has 1 saturated carbocycles. The largest absolute Gasteiger partial charge is 0.491 e. The van der Waals surface area contributed by atoms with Crippen molar-refractivity contribution >= 4 is 11.9 Å². The van der Waals surface area contributed by atoms with Crippen LogP contribution in [-0.4, -0.2) is 55.1 Å². The Balaban J connectivity index is 1.86. The molecule has 27 heavy (non-hydrogen) atoms. The molecule has 3 rings (SSSR count). The molecule has 8 heteroatoms. The maximum absolute atomic E-state index is 12.9. The van der Waals surface area contributed by atoms with E-state index in [9.17, 15) is 14.7 Å². The van der Waals surface area contributed by atoms with Crippen LogP contribution in [0, 0.1) is 6.92 Å². The third kappa shape index (κ3) is 3.94. The van der Waals surface area contributed by atoms with Crippen LogP contribution in [-0.2, 0) is 4.79 Å². The smallest absolute Gasteiger partial charge is 0.326 e. The lowest BCUT2D eigenvalue weighted by Crippen LogP contribution is -2.45. The molecule has 1 aliphatic rings. The quantitative estimate of drug-likeness (QED) is 0.802. The van der Waals surface area contributed by atoms with Crippen molar-refractivity contribution in [2.75, 3.05) is 0 Å². The summed E-state index contributed by atoms with van der Waals surface area (Å²) in [6, 6.07) is 6.41. The minimum atomic E-state index is -1.03. The van der Waals surface area contributed by atoms with Gasteiger partial charge in [0, 0.05) is 6.04 Å². The molecule has 0 spiro atoms. The number of aliphatic carboxylic acids is 1. The summed E-state index contributed by atoms with van der Waals surface area (Å²) in [5.74, 6) is -0.671. The van der Waals surface area contributed by atoms with Crippen LogP contribution in [0.15, 0.2) is 24.3 Å². The van der Waals surface area contributed by atoms with E-state index in [4.69, 9.17) is 4.74 Å². The summed E-state index contributed by atoms with van der Waals surface area (Å²) in [5, 5.41) is 17.4. The summed E-state index contributed by atoms with van der Waals surface area (Å²) in [6.45, 7) is 7.18. The van der Waals surface area contributed by atoms with E-state index in [1.807, 2.05) is 38.1 Å². The predicted octanol–water partition coefficient (Wildman–Crippen LogP) is 2.44. The maximum Gasteiger partial charge on any atom is 0.326 e. The Bertz CT molecular complexity index is 840. The molecule has 1 aromatic heterocycles.